The van der Waals surface area contributed by atoms with E-state index in [1.807, 2.05) is 21.5 Å². The number of nitrogens with one attached hydrogen (secondary N) is 2. The summed E-state index contributed by atoms with van der Waals surface area (Å²) in [5.74, 6) is 1.44. The quantitative estimate of drug-likeness (QED) is 0.199. The second-order valence-electron chi connectivity index (χ2n) is 13.2. The van der Waals surface area contributed by atoms with Gasteiger partial charge in [-0.25, -0.2) is 14.4 Å². The van der Waals surface area contributed by atoms with Gasteiger partial charge in [0, 0.05) is 79.7 Å². The first-order valence-corrected chi connectivity index (χ1v) is 16.6. The van der Waals surface area contributed by atoms with Gasteiger partial charge in [-0.05, 0) is 60.6 Å². The van der Waals surface area contributed by atoms with E-state index in [2.05, 4.69) is 69.8 Å². The van der Waals surface area contributed by atoms with Crippen LogP contribution in [-0.2, 0) is 13.0 Å². The Morgan fingerprint density at radius 2 is 1.91 bits per heavy atom. The second-order valence-corrected chi connectivity index (χ2v) is 13.6. The molecule has 1 unspecified atom stereocenters. The molecule has 46 heavy (non-hydrogen) atoms. The monoisotopic (exact) mass is 639 g/mol. The molecule has 8 rings (SSSR count). The molecule has 3 aliphatic rings. The van der Waals surface area contributed by atoms with E-state index >= 15 is 0 Å². The first kappa shape index (κ1) is 29.3. The van der Waals surface area contributed by atoms with Crippen LogP contribution in [0.5, 0.6) is 0 Å². The Bertz CT molecular complexity index is 1880. The molecule has 5 aromatic rings. The number of H-pyrrole nitrogens is 1. The third-order valence-electron chi connectivity index (χ3n) is 10.2. The molecule has 1 aliphatic carbocycles. The van der Waals surface area contributed by atoms with Crippen molar-refractivity contribution < 1.29 is 4.39 Å². The molecule has 238 valence electrons. The van der Waals surface area contributed by atoms with Gasteiger partial charge in [-0.15, -0.1) is 0 Å². The molecular weight excluding hydrogens is 601 g/mol. The summed E-state index contributed by atoms with van der Waals surface area (Å²) >= 11 is 6.96. The van der Waals surface area contributed by atoms with E-state index < -0.39 is 12.2 Å². The number of piperazine rings is 1. The highest BCUT2D eigenvalue weighted by Crippen LogP contribution is 2.38. The minimum Gasteiger partial charge on any atom is -0.369 e. The van der Waals surface area contributed by atoms with E-state index in [4.69, 9.17) is 21.7 Å². The lowest BCUT2D eigenvalue weighted by molar-refractivity contribution is 0.0810. The second kappa shape index (κ2) is 11.6. The number of aryl methyl sites for hydroxylation is 1. The summed E-state index contributed by atoms with van der Waals surface area (Å²) in [6, 6.07) is 11.1. The molecule has 2 aromatic carbocycles. The molecule has 9 nitrogen and oxygen atoms in total. The molecule has 2 aliphatic heterocycles. The van der Waals surface area contributed by atoms with Crippen molar-refractivity contribution in [3.8, 4) is 11.1 Å². The van der Waals surface area contributed by atoms with Crippen LogP contribution in [0, 0.1) is 12.8 Å². The Morgan fingerprint density at radius 1 is 1.13 bits per heavy atom. The molecule has 2 fully saturated rings. The fourth-order valence-corrected chi connectivity index (χ4v) is 7.84. The highest BCUT2D eigenvalue weighted by molar-refractivity contribution is 6.36. The number of imidazole rings is 2. The smallest absolute Gasteiger partial charge is 0.204 e. The van der Waals surface area contributed by atoms with Crippen LogP contribution >= 0.6 is 11.6 Å². The van der Waals surface area contributed by atoms with Crippen molar-refractivity contribution in [3.05, 3.63) is 89.5 Å². The summed E-state index contributed by atoms with van der Waals surface area (Å²) in [4.78, 5) is 17.2. The number of aromatic amines is 1. The number of hydrogen-bond acceptors (Lipinski definition) is 6. The van der Waals surface area contributed by atoms with E-state index in [1.54, 1.807) is 18.7 Å². The lowest BCUT2D eigenvalue weighted by Gasteiger charge is -2.46. The van der Waals surface area contributed by atoms with Crippen LogP contribution < -0.4 is 10.2 Å². The highest BCUT2D eigenvalue weighted by Gasteiger charge is 2.33. The minimum absolute atomic E-state index is 0.302. The molecule has 2 atom stereocenters. The predicted octanol–water partition coefficient (Wildman–Crippen LogP) is 6.61. The van der Waals surface area contributed by atoms with Gasteiger partial charge >= 0.3 is 0 Å². The Hall–Kier alpha value is -4.15. The molecule has 1 saturated carbocycles. The number of fused-ring (bicyclic) bond motifs is 2. The van der Waals surface area contributed by atoms with Gasteiger partial charge in [-0.1, -0.05) is 37.2 Å². The van der Waals surface area contributed by atoms with Crippen molar-refractivity contribution in [2.45, 2.75) is 57.9 Å². The molecule has 0 spiro atoms. The van der Waals surface area contributed by atoms with Crippen LogP contribution in [0.3, 0.4) is 0 Å². The van der Waals surface area contributed by atoms with Gasteiger partial charge in [-0.3, -0.25) is 9.58 Å². The maximum absolute atomic E-state index is 14.4. The summed E-state index contributed by atoms with van der Waals surface area (Å²) in [7, 11) is 0. The number of halogens is 2. The summed E-state index contributed by atoms with van der Waals surface area (Å²) in [6.45, 7) is 13.5. The molecule has 2 N–H and O–H groups in total. The van der Waals surface area contributed by atoms with E-state index in [1.165, 1.54) is 18.5 Å². The molecular formula is C35H39ClFN9. The number of anilines is 2. The van der Waals surface area contributed by atoms with Gasteiger partial charge in [0.15, 0.2) is 0 Å². The van der Waals surface area contributed by atoms with Crippen LogP contribution in [0.25, 0.3) is 22.0 Å². The topological polar surface area (TPSA) is 82.8 Å². The largest absolute Gasteiger partial charge is 0.369 e. The van der Waals surface area contributed by atoms with Gasteiger partial charge in [0.05, 0.1) is 29.1 Å². The summed E-state index contributed by atoms with van der Waals surface area (Å²) < 4.78 is 18.2. The average molecular weight is 640 g/mol. The third kappa shape index (κ3) is 5.17. The van der Waals surface area contributed by atoms with Gasteiger partial charge < -0.3 is 19.8 Å². The molecule has 0 amide bonds. The van der Waals surface area contributed by atoms with Gasteiger partial charge in [0.1, 0.15) is 12.2 Å². The third-order valence-corrected chi connectivity index (χ3v) is 10.5. The van der Waals surface area contributed by atoms with E-state index in [9.17, 15) is 4.39 Å². The van der Waals surface area contributed by atoms with Crippen molar-refractivity contribution in [3.63, 3.8) is 0 Å². The first-order valence-electron chi connectivity index (χ1n) is 16.2. The summed E-state index contributed by atoms with van der Waals surface area (Å²) in [6.07, 6.45) is 9.11. The fourth-order valence-electron chi connectivity index (χ4n) is 7.59. The fraction of sp³-hybridized carbons (Fsp3) is 0.400. The predicted molar refractivity (Wildman–Crippen MR) is 181 cm³/mol. The Labute approximate surface area is 273 Å². The van der Waals surface area contributed by atoms with E-state index in [0.717, 1.165) is 71.4 Å². The van der Waals surface area contributed by atoms with Crippen LogP contribution in [-0.4, -0.2) is 72.6 Å². The lowest BCUT2D eigenvalue weighted by atomic mass is 9.80. The van der Waals surface area contributed by atoms with Crippen molar-refractivity contribution in [1.29, 1.82) is 0 Å². The maximum atomic E-state index is 14.4. The number of aromatic nitrogens is 6. The number of nitrogens with zero attached hydrogens (tertiary/aromatic N) is 7. The Kier molecular flexibility index (Phi) is 7.37. The molecule has 11 heteroatoms. The Morgan fingerprint density at radius 3 is 2.63 bits per heavy atom. The maximum Gasteiger partial charge on any atom is 0.204 e. The van der Waals surface area contributed by atoms with Crippen LogP contribution in [0.15, 0.2) is 67.5 Å². The summed E-state index contributed by atoms with van der Waals surface area (Å²) in [5, 5.41) is 9.81. The van der Waals surface area contributed by atoms with Crippen LogP contribution in [0.1, 0.15) is 42.8 Å². The number of allylic oxidation sites excluding steroid dienone is 1. The number of hydrogen-bond donors (Lipinski definition) is 2. The van der Waals surface area contributed by atoms with Gasteiger partial charge in [-0.2, -0.15) is 5.10 Å². The SMILES string of the molecule is C=C(Nc1ncc[nH]1)C(c1ncn2c1C[C@@H](F)C2)n1cc2c(Cl)cc(-c3ccc(N4CCN(C5CC(C)C5)CC4)cc3)c(C)c2n1. The van der Waals surface area contributed by atoms with E-state index in [0.29, 0.717) is 35.3 Å². The molecule has 3 aromatic heterocycles. The summed E-state index contributed by atoms with van der Waals surface area (Å²) in [5.41, 5.74) is 7.42. The van der Waals surface area contributed by atoms with Crippen molar-refractivity contribution in [2.75, 3.05) is 36.4 Å². The molecule has 0 radical (unpaired) electrons. The minimum atomic E-state index is -0.938. The zero-order valence-corrected chi connectivity index (χ0v) is 27.0. The highest BCUT2D eigenvalue weighted by atomic mass is 35.5. The molecule has 5 heterocycles. The molecule has 0 bridgehead atoms. The van der Waals surface area contributed by atoms with Gasteiger partial charge in [0.2, 0.25) is 5.95 Å². The lowest BCUT2D eigenvalue weighted by Crippen LogP contribution is -2.53. The first-order chi connectivity index (χ1) is 22.3. The van der Waals surface area contributed by atoms with Crippen LogP contribution in [0.4, 0.5) is 16.0 Å². The zero-order chi connectivity index (χ0) is 31.5. The van der Waals surface area contributed by atoms with Crippen LogP contribution in [0.2, 0.25) is 5.02 Å². The Balaban J connectivity index is 1.09. The van der Waals surface area contributed by atoms with Crippen molar-refractivity contribution in [1.82, 2.24) is 34.2 Å². The van der Waals surface area contributed by atoms with Crippen molar-refractivity contribution >= 4 is 34.1 Å². The molecule has 1 saturated heterocycles. The standard InChI is InChI=1S/C35H39ClFN9/c1-21-14-27(15-21)44-12-10-43(11-13-44)26-6-4-24(5-7-26)28-17-30(36)29-19-46(42-32(29)22(28)2)34(23(3)41-35-38-8-9-39-35)33-31-16-25(37)18-45(31)20-40-33/h4-9,17,19-21,25,27,34H,3,10-16,18H2,1-2H3,(H2,38,39,41)/t21?,25-,27?,34?/m1/s1. The van der Waals surface area contributed by atoms with Gasteiger partial charge in [0.25, 0.3) is 0 Å². The number of rotatable bonds is 8. The van der Waals surface area contributed by atoms with Crippen molar-refractivity contribution in [2.24, 2.45) is 5.92 Å². The van der Waals surface area contributed by atoms with E-state index in [-0.39, 0.29) is 0 Å². The zero-order valence-electron chi connectivity index (χ0n) is 26.3. The normalized spacial score (nSPS) is 22.2. The number of benzene rings is 2. The average Bonchev–Trinajstić information content (AvgIpc) is 3.85. The number of alkyl halides is 1.